The molecule has 1 aliphatic rings. The van der Waals surface area contributed by atoms with Gasteiger partial charge in [0.2, 0.25) is 0 Å². The van der Waals surface area contributed by atoms with Crippen molar-refractivity contribution in [1.82, 2.24) is 4.90 Å². The van der Waals surface area contributed by atoms with Crippen LogP contribution >= 0.6 is 0 Å². The first-order valence-corrected chi connectivity index (χ1v) is 7.66. The third-order valence-electron chi connectivity index (χ3n) is 4.19. The van der Waals surface area contributed by atoms with Gasteiger partial charge in [0.25, 0.3) is 0 Å². The second-order valence-corrected chi connectivity index (χ2v) is 5.83. The molecule has 0 saturated carbocycles. The van der Waals surface area contributed by atoms with E-state index in [0.717, 1.165) is 0 Å². The van der Waals surface area contributed by atoms with Crippen LogP contribution in [0.5, 0.6) is 0 Å². The highest BCUT2D eigenvalue weighted by molar-refractivity contribution is 6.02. The number of fused-ring (bicyclic) bond motifs is 1. The summed E-state index contributed by atoms with van der Waals surface area (Å²) >= 11 is 0. The maximum Gasteiger partial charge on any atom is 0.406 e. The monoisotopic (exact) mass is 346 g/mol. The smallest absolute Gasteiger partial charge is 0.406 e. The molecule has 2 atom stereocenters. The molecule has 0 radical (unpaired) electrons. The van der Waals surface area contributed by atoms with E-state index in [-0.39, 0.29) is 12.1 Å². The number of amides is 1. The van der Waals surface area contributed by atoms with Crippen LogP contribution in [-0.4, -0.2) is 23.0 Å². The Morgan fingerprint density at radius 3 is 2.64 bits per heavy atom. The van der Waals surface area contributed by atoms with E-state index in [1.807, 2.05) is 0 Å². The molecule has 0 aromatic heterocycles. The minimum absolute atomic E-state index is 0.219. The molecule has 7 heteroatoms. The van der Waals surface area contributed by atoms with E-state index in [1.165, 1.54) is 36.4 Å². The van der Waals surface area contributed by atoms with Crippen LogP contribution in [0.4, 0.5) is 13.6 Å². The van der Waals surface area contributed by atoms with Crippen molar-refractivity contribution in [2.24, 2.45) is 5.73 Å². The average molecular weight is 346 g/mol. The van der Waals surface area contributed by atoms with Gasteiger partial charge >= 0.3 is 6.09 Å². The lowest BCUT2D eigenvalue weighted by molar-refractivity contribution is -0.0268. The summed E-state index contributed by atoms with van der Waals surface area (Å²) in [6, 6.07) is 8.59. The van der Waals surface area contributed by atoms with E-state index in [2.05, 4.69) is 0 Å². The van der Waals surface area contributed by atoms with Crippen LogP contribution in [0.25, 0.3) is 0 Å². The van der Waals surface area contributed by atoms with Crippen LogP contribution < -0.4 is 5.73 Å². The van der Waals surface area contributed by atoms with Crippen molar-refractivity contribution in [3.8, 4) is 0 Å². The average Bonchev–Trinajstić information content (AvgIpc) is 2.54. The molecular weight excluding hydrogens is 330 g/mol. The molecule has 0 spiro atoms. The molecule has 0 saturated heterocycles. The molecule has 2 N–H and O–H groups in total. The Morgan fingerprint density at radius 2 is 1.96 bits per heavy atom. The Kier molecular flexibility index (Phi) is 4.50. The quantitative estimate of drug-likeness (QED) is 0.927. The van der Waals surface area contributed by atoms with Crippen LogP contribution in [0.1, 0.15) is 34.5 Å². The summed E-state index contributed by atoms with van der Waals surface area (Å²) in [4.78, 5) is 25.7. The molecule has 0 aliphatic carbocycles. The lowest BCUT2D eigenvalue weighted by Gasteiger charge is -2.38. The van der Waals surface area contributed by atoms with Gasteiger partial charge in [-0.2, -0.15) is 0 Å². The van der Waals surface area contributed by atoms with Gasteiger partial charge in [-0.05, 0) is 42.3 Å². The fourth-order valence-corrected chi connectivity index (χ4v) is 3.10. The summed E-state index contributed by atoms with van der Waals surface area (Å²) in [5.74, 6) is -1.43. The molecule has 1 heterocycles. The van der Waals surface area contributed by atoms with Crippen molar-refractivity contribution in [2.45, 2.75) is 25.7 Å². The number of carbonyl (C=O) groups excluding carboxylic acids is 2. The number of halogens is 2. The fraction of sp³-hybridized carbons (Fsp3) is 0.222. The number of Topliss-reactive ketones (excluding diaryl/α,β-unsaturated/α-hetero) is 1. The molecule has 1 amide bonds. The number of nitrogens with two attached hydrogens (primary N) is 1. The topological polar surface area (TPSA) is 72.6 Å². The lowest BCUT2D eigenvalue weighted by atomic mass is 9.88. The Morgan fingerprint density at radius 1 is 1.24 bits per heavy atom. The van der Waals surface area contributed by atoms with Gasteiger partial charge in [0.1, 0.15) is 17.7 Å². The number of hydrogen-bond donors (Lipinski definition) is 1. The molecule has 0 fully saturated rings. The number of nitrogens with zero attached hydrogens (tertiary/aromatic N) is 1. The summed E-state index contributed by atoms with van der Waals surface area (Å²) in [7, 11) is 0. The first-order chi connectivity index (χ1) is 11.9. The summed E-state index contributed by atoms with van der Waals surface area (Å²) in [5.41, 5.74) is 6.29. The minimum atomic E-state index is -0.983. The summed E-state index contributed by atoms with van der Waals surface area (Å²) in [6.07, 6.45) is -1.81. The summed E-state index contributed by atoms with van der Waals surface area (Å²) in [5, 5.41) is 0. The van der Waals surface area contributed by atoms with Crippen LogP contribution in [-0.2, 0) is 11.3 Å². The van der Waals surface area contributed by atoms with Crippen molar-refractivity contribution in [1.29, 1.82) is 0 Å². The van der Waals surface area contributed by atoms with Crippen molar-refractivity contribution < 1.29 is 23.1 Å². The van der Waals surface area contributed by atoms with Crippen molar-refractivity contribution in [2.75, 3.05) is 0 Å². The van der Waals surface area contributed by atoms with Crippen molar-refractivity contribution in [3.63, 3.8) is 0 Å². The normalized spacial score (nSPS) is 18.5. The Hall–Kier alpha value is -2.80. The van der Waals surface area contributed by atoms with Gasteiger partial charge in [-0.25, -0.2) is 18.5 Å². The van der Waals surface area contributed by atoms with E-state index in [1.54, 1.807) is 17.9 Å². The lowest BCUT2D eigenvalue weighted by Crippen LogP contribution is -2.46. The molecule has 25 heavy (non-hydrogen) atoms. The fourth-order valence-electron chi connectivity index (χ4n) is 3.10. The number of carbonyl (C=O) groups is 2. The molecule has 5 nitrogen and oxygen atoms in total. The highest BCUT2D eigenvalue weighted by Crippen LogP contribution is 2.35. The summed E-state index contributed by atoms with van der Waals surface area (Å²) in [6.45, 7) is 1.79. The van der Waals surface area contributed by atoms with E-state index in [9.17, 15) is 18.4 Å². The van der Waals surface area contributed by atoms with Crippen LogP contribution in [0, 0.1) is 11.6 Å². The first kappa shape index (κ1) is 17.0. The van der Waals surface area contributed by atoms with E-state index in [4.69, 9.17) is 10.5 Å². The van der Waals surface area contributed by atoms with E-state index in [0.29, 0.717) is 11.1 Å². The number of ether oxygens (including phenoxy) is 1. The Balaban J connectivity index is 2.09. The molecule has 2 aromatic rings. The third kappa shape index (κ3) is 3.36. The third-order valence-corrected chi connectivity index (χ3v) is 4.19. The van der Waals surface area contributed by atoms with Crippen molar-refractivity contribution in [3.05, 3.63) is 70.8 Å². The van der Waals surface area contributed by atoms with Gasteiger partial charge in [-0.3, -0.25) is 4.79 Å². The van der Waals surface area contributed by atoms with Crippen LogP contribution in [0.15, 0.2) is 42.5 Å². The predicted molar refractivity (Wildman–Crippen MR) is 85.5 cm³/mol. The Bertz CT molecular complexity index is 841. The van der Waals surface area contributed by atoms with Gasteiger partial charge in [0.15, 0.2) is 12.0 Å². The minimum Gasteiger partial charge on any atom is -0.431 e. The molecular formula is C18H16F2N2O3. The van der Waals surface area contributed by atoms with E-state index < -0.39 is 35.8 Å². The molecule has 0 bridgehead atoms. The van der Waals surface area contributed by atoms with Crippen LogP contribution in [0.3, 0.4) is 0 Å². The highest BCUT2D eigenvalue weighted by Gasteiger charge is 2.38. The zero-order chi connectivity index (χ0) is 18.1. The maximum absolute atomic E-state index is 13.7. The zero-order valence-electron chi connectivity index (χ0n) is 13.4. The first-order valence-electron chi connectivity index (χ1n) is 7.66. The molecule has 3 rings (SSSR count). The van der Waals surface area contributed by atoms with Gasteiger partial charge < -0.3 is 10.5 Å². The largest absolute Gasteiger partial charge is 0.431 e. The second kappa shape index (κ2) is 6.60. The number of hydrogen-bond acceptors (Lipinski definition) is 4. The molecule has 1 unspecified atom stereocenters. The SMILES string of the molecule is C[C@H](OC(N)=O)N1Cc2ccc(F)cc2C(=O)C1c1cccc(F)c1. The number of benzene rings is 2. The Labute approximate surface area is 143 Å². The van der Waals surface area contributed by atoms with Gasteiger partial charge in [0, 0.05) is 12.1 Å². The standard InChI is InChI=1S/C18H16F2N2O3/c1-10(25-18(21)24)22-9-12-5-6-14(20)8-15(12)17(23)16(22)11-3-2-4-13(19)7-11/h2-8,10,16H,9H2,1H3,(H2,21,24)/t10-,16?/m0/s1. The van der Waals surface area contributed by atoms with E-state index >= 15 is 0 Å². The summed E-state index contributed by atoms with van der Waals surface area (Å²) < 4.78 is 32.2. The van der Waals surface area contributed by atoms with Crippen molar-refractivity contribution >= 4 is 11.9 Å². The molecule has 2 aromatic carbocycles. The predicted octanol–water partition coefficient (Wildman–Crippen LogP) is 3.15. The molecule has 130 valence electrons. The van der Waals surface area contributed by atoms with Gasteiger partial charge in [-0.1, -0.05) is 18.2 Å². The molecule has 1 aliphatic heterocycles. The second-order valence-electron chi connectivity index (χ2n) is 5.83. The maximum atomic E-state index is 13.7. The highest BCUT2D eigenvalue weighted by atomic mass is 19.1. The zero-order valence-corrected chi connectivity index (χ0v) is 13.4. The van der Waals surface area contributed by atoms with Crippen LogP contribution in [0.2, 0.25) is 0 Å². The van der Waals surface area contributed by atoms with Gasteiger partial charge in [-0.15, -0.1) is 0 Å². The number of primary amides is 1. The number of ketones is 1. The van der Waals surface area contributed by atoms with Gasteiger partial charge in [0.05, 0.1) is 0 Å². The number of rotatable bonds is 3.